The van der Waals surface area contributed by atoms with E-state index in [1.54, 1.807) is 18.2 Å². The Hall–Kier alpha value is -1.27. The third-order valence-electron chi connectivity index (χ3n) is 1.85. The van der Waals surface area contributed by atoms with Gasteiger partial charge in [-0.3, -0.25) is 10.1 Å². The molecule has 3 N–H and O–H groups in total. The van der Waals surface area contributed by atoms with Crippen molar-refractivity contribution in [2.75, 3.05) is 18.9 Å². The van der Waals surface area contributed by atoms with Gasteiger partial charge < -0.3 is 10.6 Å². The number of benzene rings is 1. The van der Waals surface area contributed by atoms with Crippen molar-refractivity contribution in [3.63, 3.8) is 0 Å². The molecule has 0 spiro atoms. The van der Waals surface area contributed by atoms with E-state index in [1.165, 1.54) is 7.05 Å². The van der Waals surface area contributed by atoms with Crippen LogP contribution in [-0.4, -0.2) is 25.5 Å². The highest BCUT2D eigenvalue weighted by molar-refractivity contribution is 9.10. The third-order valence-corrected chi connectivity index (χ3v) is 2.66. The van der Waals surface area contributed by atoms with Gasteiger partial charge in [0, 0.05) is 11.5 Å². The molecule has 0 aliphatic carbocycles. The first-order valence-corrected chi connectivity index (χ1v) is 5.90. The maximum absolute atomic E-state index is 11.3. The zero-order valence-corrected chi connectivity index (χ0v) is 11.4. The lowest BCUT2D eigenvalue weighted by Crippen LogP contribution is -2.40. The largest absolute Gasteiger partial charge is 0.375 e. The molecule has 0 saturated carbocycles. The Kier molecular flexibility index (Phi) is 5.24. The summed E-state index contributed by atoms with van der Waals surface area (Å²) in [6.07, 6.45) is 0. The van der Waals surface area contributed by atoms with E-state index in [-0.39, 0.29) is 6.54 Å². The van der Waals surface area contributed by atoms with Crippen LogP contribution in [0, 0.1) is 0 Å². The van der Waals surface area contributed by atoms with Gasteiger partial charge in [0.15, 0.2) is 0 Å². The number of anilines is 1. The van der Waals surface area contributed by atoms with Crippen LogP contribution < -0.4 is 16.0 Å². The van der Waals surface area contributed by atoms with Crippen molar-refractivity contribution in [1.29, 1.82) is 0 Å². The number of nitrogens with one attached hydrogen (secondary N) is 3. The van der Waals surface area contributed by atoms with Crippen LogP contribution in [-0.2, 0) is 4.79 Å². The zero-order valence-electron chi connectivity index (χ0n) is 9.01. The average Bonchev–Trinajstić information content (AvgIpc) is 2.27. The average molecular weight is 321 g/mol. The van der Waals surface area contributed by atoms with Gasteiger partial charge in [-0.2, -0.15) is 0 Å². The predicted molar refractivity (Wildman–Crippen MR) is 70.2 cm³/mol. The predicted octanol–water partition coefficient (Wildman–Crippen LogP) is 1.97. The fraction of sp³-hybridized carbons (Fsp3) is 0.200. The first kappa shape index (κ1) is 13.8. The number of carbonyl (C=O) groups is 2. The molecule has 0 radical (unpaired) electrons. The SMILES string of the molecule is CNC(=O)NC(=O)CNc1ccc(Br)cc1Cl. The van der Waals surface area contributed by atoms with E-state index in [4.69, 9.17) is 11.6 Å². The second-order valence-electron chi connectivity index (χ2n) is 3.11. The van der Waals surface area contributed by atoms with Gasteiger partial charge in [0.1, 0.15) is 0 Å². The van der Waals surface area contributed by atoms with Crippen LogP contribution in [0.25, 0.3) is 0 Å². The minimum Gasteiger partial charge on any atom is -0.375 e. The molecule has 0 aromatic heterocycles. The van der Waals surface area contributed by atoms with E-state index in [2.05, 4.69) is 31.9 Å². The quantitative estimate of drug-likeness (QED) is 0.797. The van der Waals surface area contributed by atoms with Crippen LogP contribution in [0.1, 0.15) is 0 Å². The fourth-order valence-electron chi connectivity index (χ4n) is 1.04. The first-order chi connectivity index (χ1) is 8.02. The lowest BCUT2D eigenvalue weighted by atomic mass is 10.3. The second-order valence-corrected chi connectivity index (χ2v) is 4.43. The van der Waals surface area contributed by atoms with E-state index >= 15 is 0 Å². The first-order valence-electron chi connectivity index (χ1n) is 4.73. The van der Waals surface area contributed by atoms with Gasteiger partial charge in [-0.1, -0.05) is 27.5 Å². The summed E-state index contributed by atoms with van der Waals surface area (Å²) >= 11 is 9.22. The summed E-state index contributed by atoms with van der Waals surface area (Å²) in [5.41, 5.74) is 0.627. The lowest BCUT2D eigenvalue weighted by Gasteiger charge is -2.08. The van der Waals surface area contributed by atoms with Crippen LogP contribution in [0.3, 0.4) is 0 Å². The number of amides is 3. The molecule has 0 heterocycles. The number of hydrogen-bond acceptors (Lipinski definition) is 3. The van der Waals surface area contributed by atoms with E-state index < -0.39 is 11.9 Å². The van der Waals surface area contributed by atoms with Gasteiger partial charge in [-0.25, -0.2) is 4.79 Å². The summed E-state index contributed by atoms with van der Waals surface area (Å²) in [7, 11) is 1.43. The molecule has 7 heteroatoms. The lowest BCUT2D eigenvalue weighted by molar-refractivity contribution is -0.118. The Morgan fingerprint density at radius 2 is 2.12 bits per heavy atom. The van der Waals surface area contributed by atoms with E-state index in [0.717, 1.165) is 4.47 Å². The zero-order chi connectivity index (χ0) is 12.8. The topological polar surface area (TPSA) is 70.2 Å². The van der Waals surface area contributed by atoms with Gasteiger partial charge >= 0.3 is 6.03 Å². The molecule has 0 fully saturated rings. The normalized spacial score (nSPS) is 9.59. The molecule has 17 heavy (non-hydrogen) atoms. The van der Waals surface area contributed by atoms with Gasteiger partial charge in [0.2, 0.25) is 5.91 Å². The standard InChI is InChI=1S/C10H11BrClN3O2/c1-13-10(17)15-9(16)5-14-8-3-2-6(11)4-7(8)12/h2-4,14H,5H2,1H3,(H2,13,15,16,17). The summed E-state index contributed by atoms with van der Waals surface area (Å²) in [5, 5.41) is 7.73. The van der Waals surface area contributed by atoms with Crippen LogP contribution in [0.5, 0.6) is 0 Å². The summed E-state index contributed by atoms with van der Waals surface area (Å²) in [6, 6.07) is 4.70. The smallest absolute Gasteiger partial charge is 0.321 e. The number of halogens is 2. The maximum Gasteiger partial charge on any atom is 0.321 e. The van der Waals surface area contributed by atoms with Crippen molar-refractivity contribution >= 4 is 45.2 Å². The number of rotatable bonds is 3. The monoisotopic (exact) mass is 319 g/mol. The van der Waals surface area contributed by atoms with Crippen molar-refractivity contribution in [1.82, 2.24) is 10.6 Å². The van der Waals surface area contributed by atoms with Gasteiger partial charge in [0.05, 0.1) is 17.3 Å². The van der Waals surface area contributed by atoms with E-state index in [0.29, 0.717) is 10.7 Å². The third kappa shape index (κ3) is 4.62. The van der Waals surface area contributed by atoms with Crippen LogP contribution in [0.15, 0.2) is 22.7 Å². The van der Waals surface area contributed by atoms with Crippen molar-refractivity contribution in [3.05, 3.63) is 27.7 Å². The maximum atomic E-state index is 11.3. The Balaban J connectivity index is 2.50. The van der Waals surface area contributed by atoms with Gasteiger partial charge in [-0.15, -0.1) is 0 Å². The number of urea groups is 1. The Morgan fingerprint density at radius 3 is 2.71 bits per heavy atom. The number of imide groups is 1. The molecule has 92 valence electrons. The summed E-state index contributed by atoms with van der Waals surface area (Å²) < 4.78 is 0.850. The van der Waals surface area contributed by atoms with Gasteiger partial charge in [-0.05, 0) is 18.2 Å². The molecule has 1 aromatic rings. The van der Waals surface area contributed by atoms with Crippen LogP contribution in [0.2, 0.25) is 5.02 Å². The molecule has 0 bridgehead atoms. The number of carbonyl (C=O) groups excluding carboxylic acids is 2. The Labute approximate surface area is 112 Å². The molecule has 5 nitrogen and oxygen atoms in total. The Morgan fingerprint density at radius 1 is 1.41 bits per heavy atom. The molecular weight excluding hydrogens is 309 g/mol. The van der Waals surface area contributed by atoms with Crippen molar-refractivity contribution < 1.29 is 9.59 Å². The summed E-state index contributed by atoms with van der Waals surface area (Å²) in [5.74, 6) is -0.441. The van der Waals surface area contributed by atoms with Crippen molar-refractivity contribution in [2.24, 2.45) is 0 Å². The molecule has 3 amide bonds. The Bertz CT molecular complexity index is 440. The molecule has 0 aliphatic rings. The number of hydrogen-bond donors (Lipinski definition) is 3. The highest BCUT2D eigenvalue weighted by atomic mass is 79.9. The van der Waals surface area contributed by atoms with Gasteiger partial charge in [0.25, 0.3) is 0 Å². The van der Waals surface area contributed by atoms with E-state index in [1.807, 2.05) is 0 Å². The molecular formula is C10H11BrClN3O2. The van der Waals surface area contributed by atoms with E-state index in [9.17, 15) is 9.59 Å². The molecule has 1 rings (SSSR count). The minimum absolute atomic E-state index is 0.0330. The molecule has 0 atom stereocenters. The van der Waals surface area contributed by atoms with Crippen molar-refractivity contribution in [3.8, 4) is 0 Å². The molecule has 0 saturated heterocycles. The van der Waals surface area contributed by atoms with Crippen LogP contribution >= 0.6 is 27.5 Å². The second kappa shape index (κ2) is 6.46. The fourth-order valence-corrected chi connectivity index (χ4v) is 1.78. The molecule has 1 aromatic carbocycles. The summed E-state index contributed by atoms with van der Waals surface area (Å²) in [6.45, 7) is -0.0330. The summed E-state index contributed by atoms with van der Waals surface area (Å²) in [4.78, 5) is 22.1. The van der Waals surface area contributed by atoms with Crippen LogP contribution in [0.4, 0.5) is 10.5 Å². The minimum atomic E-state index is -0.543. The molecule has 0 aliphatic heterocycles. The molecule has 0 unspecified atom stereocenters. The highest BCUT2D eigenvalue weighted by Crippen LogP contribution is 2.25. The highest BCUT2D eigenvalue weighted by Gasteiger charge is 2.06. The van der Waals surface area contributed by atoms with Crippen molar-refractivity contribution in [2.45, 2.75) is 0 Å².